The van der Waals surface area contributed by atoms with Crippen molar-refractivity contribution in [2.45, 2.75) is 67.9 Å². The van der Waals surface area contributed by atoms with Crippen LogP contribution in [-0.4, -0.2) is 31.7 Å². The van der Waals surface area contributed by atoms with Crippen LogP contribution < -0.4 is 0 Å². The molecule has 0 aliphatic rings. The van der Waals surface area contributed by atoms with Gasteiger partial charge in [0.25, 0.3) is 0 Å². The highest BCUT2D eigenvalue weighted by Gasteiger charge is 2.26. The standard InChI is InChI=1S/C17H34O3/c1-13(2)15(18)9-16(5,6)10-19-11-17(7,8)12-20-14(3)4/h13-14H,9-12H2,1-8H3. The van der Waals surface area contributed by atoms with Gasteiger partial charge in [-0.15, -0.1) is 0 Å². The molecule has 3 nitrogen and oxygen atoms in total. The highest BCUT2D eigenvalue weighted by molar-refractivity contribution is 5.80. The van der Waals surface area contributed by atoms with E-state index in [4.69, 9.17) is 9.47 Å². The predicted octanol–water partition coefficient (Wildman–Crippen LogP) is 4.10. The third-order valence-electron chi connectivity index (χ3n) is 3.09. The van der Waals surface area contributed by atoms with E-state index >= 15 is 0 Å². The molecule has 0 spiro atoms. The molecule has 0 amide bonds. The second-order valence-corrected chi connectivity index (χ2v) is 7.98. The normalized spacial score (nSPS) is 13.3. The van der Waals surface area contributed by atoms with Crippen LogP contribution in [0.4, 0.5) is 0 Å². The fourth-order valence-electron chi connectivity index (χ4n) is 1.76. The molecule has 0 aliphatic heterocycles. The van der Waals surface area contributed by atoms with E-state index in [9.17, 15) is 4.79 Å². The van der Waals surface area contributed by atoms with Crippen LogP contribution in [-0.2, 0) is 14.3 Å². The number of carbonyl (C=O) groups is 1. The summed E-state index contributed by atoms with van der Waals surface area (Å²) in [6, 6.07) is 0. The Bertz CT molecular complexity index is 291. The Hall–Kier alpha value is -0.410. The maximum atomic E-state index is 11.8. The van der Waals surface area contributed by atoms with E-state index in [-0.39, 0.29) is 22.9 Å². The summed E-state index contributed by atoms with van der Waals surface area (Å²) in [5.74, 6) is 0.408. The molecule has 0 fully saturated rings. The van der Waals surface area contributed by atoms with Crippen molar-refractivity contribution in [2.75, 3.05) is 19.8 Å². The number of hydrogen-bond acceptors (Lipinski definition) is 3. The first-order valence-electron chi connectivity index (χ1n) is 7.67. The summed E-state index contributed by atoms with van der Waals surface area (Å²) in [5, 5.41) is 0. The molecular weight excluding hydrogens is 252 g/mol. The van der Waals surface area contributed by atoms with Crippen molar-refractivity contribution >= 4 is 5.78 Å². The average molecular weight is 286 g/mol. The van der Waals surface area contributed by atoms with Gasteiger partial charge in [-0.1, -0.05) is 41.5 Å². The van der Waals surface area contributed by atoms with Crippen molar-refractivity contribution in [3.63, 3.8) is 0 Å². The van der Waals surface area contributed by atoms with Gasteiger partial charge in [0, 0.05) is 17.8 Å². The first-order valence-corrected chi connectivity index (χ1v) is 7.67. The minimum atomic E-state index is -0.101. The van der Waals surface area contributed by atoms with E-state index < -0.39 is 0 Å². The third-order valence-corrected chi connectivity index (χ3v) is 3.09. The lowest BCUT2D eigenvalue weighted by Gasteiger charge is -2.29. The van der Waals surface area contributed by atoms with Crippen molar-refractivity contribution in [3.8, 4) is 0 Å². The van der Waals surface area contributed by atoms with E-state index in [0.717, 1.165) is 0 Å². The fraction of sp³-hybridized carbons (Fsp3) is 0.941. The van der Waals surface area contributed by atoms with E-state index in [2.05, 4.69) is 27.7 Å². The molecule has 0 atom stereocenters. The summed E-state index contributed by atoms with van der Waals surface area (Å²) >= 11 is 0. The van der Waals surface area contributed by atoms with Crippen molar-refractivity contribution in [2.24, 2.45) is 16.7 Å². The van der Waals surface area contributed by atoms with Gasteiger partial charge in [0.05, 0.1) is 25.9 Å². The molecule has 20 heavy (non-hydrogen) atoms. The molecule has 0 saturated carbocycles. The molecule has 0 rings (SSSR count). The lowest BCUT2D eigenvalue weighted by molar-refractivity contribution is -0.125. The van der Waals surface area contributed by atoms with Gasteiger partial charge in [-0.05, 0) is 19.3 Å². The van der Waals surface area contributed by atoms with E-state index in [1.165, 1.54) is 0 Å². The van der Waals surface area contributed by atoms with Gasteiger partial charge in [0.2, 0.25) is 0 Å². The molecule has 120 valence electrons. The third kappa shape index (κ3) is 9.49. The maximum absolute atomic E-state index is 11.8. The molecule has 0 heterocycles. The second-order valence-electron chi connectivity index (χ2n) is 7.98. The quantitative estimate of drug-likeness (QED) is 0.606. The van der Waals surface area contributed by atoms with Crippen LogP contribution in [0.2, 0.25) is 0 Å². The van der Waals surface area contributed by atoms with Crippen LogP contribution in [0, 0.1) is 16.7 Å². The first kappa shape index (κ1) is 19.6. The lowest BCUT2D eigenvalue weighted by Crippen LogP contribution is -2.31. The Morgan fingerprint density at radius 2 is 1.40 bits per heavy atom. The number of Topliss-reactive ketones (excluding diaryl/α,β-unsaturated/α-hetero) is 1. The smallest absolute Gasteiger partial charge is 0.136 e. The molecular formula is C17H34O3. The Labute approximate surface area is 125 Å². The zero-order valence-electron chi connectivity index (χ0n) is 14.7. The Kier molecular flexibility index (Phi) is 7.97. The number of rotatable bonds is 10. The largest absolute Gasteiger partial charge is 0.380 e. The Morgan fingerprint density at radius 3 is 1.85 bits per heavy atom. The monoisotopic (exact) mass is 286 g/mol. The summed E-state index contributed by atoms with van der Waals surface area (Å²) in [4.78, 5) is 11.8. The molecule has 0 bridgehead atoms. The van der Waals surface area contributed by atoms with Gasteiger partial charge < -0.3 is 9.47 Å². The van der Waals surface area contributed by atoms with Gasteiger partial charge in [-0.2, -0.15) is 0 Å². The number of hydrogen-bond donors (Lipinski definition) is 0. The Balaban J connectivity index is 4.11. The summed E-state index contributed by atoms with van der Waals surface area (Å²) in [5.41, 5.74) is -0.0985. The van der Waals surface area contributed by atoms with Gasteiger partial charge >= 0.3 is 0 Å². The first-order chi connectivity index (χ1) is 8.95. The molecule has 0 unspecified atom stereocenters. The van der Waals surface area contributed by atoms with Crippen LogP contribution in [0.25, 0.3) is 0 Å². The molecule has 0 aromatic heterocycles. The number of ether oxygens (including phenoxy) is 2. The molecule has 0 radical (unpaired) electrons. The van der Waals surface area contributed by atoms with Gasteiger partial charge in [-0.3, -0.25) is 4.79 Å². The molecule has 0 aliphatic carbocycles. The SMILES string of the molecule is CC(C)OCC(C)(C)COCC(C)(C)CC(=O)C(C)C. The molecule has 3 heteroatoms. The minimum Gasteiger partial charge on any atom is -0.380 e. The highest BCUT2D eigenvalue weighted by atomic mass is 16.5. The van der Waals surface area contributed by atoms with Gasteiger partial charge in [0.15, 0.2) is 0 Å². The molecule has 0 aromatic carbocycles. The van der Waals surface area contributed by atoms with Crippen LogP contribution in [0.15, 0.2) is 0 Å². The maximum Gasteiger partial charge on any atom is 0.136 e. The van der Waals surface area contributed by atoms with Crippen molar-refractivity contribution < 1.29 is 14.3 Å². The molecule has 0 saturated heterocycles. The summed E-state index contributed by atoms with van der Waals surface area (Å²) < 4.78 is 11.5. The topological polar surface area (TPSA) is 35.5 Å². The van der Waals surface area contributed by atoms with E-state index in [1.807, 2.05) is 27.7 Å². The van der Waals surface area contributed by atoms with Crippen LogP contribution in [0.1, 0.15) is 61.8 Å². The van der Waals surface area contributed by atoms with E-state index in [0.29, 0.717) is 32.0 Å². The summed E-state index contributed by atoms with van der Waals surface area (Å²) in [6.07, 6.45) is 0.822. The fourth-order valence-corrected chi connectivity index (χ4v) is 1.76. The minimum absolute atomic E-state index is 0.00239. The second kappa shape index (κ2) is 8.14. The lowest BCUT2D eigenvalue weighted by atomic mass is 9.85. The molecule has 0 aromatic rings. The highest BCUT2D eigenvalue weighted by Crippen LogP contribution is 2.25. The zero-order chi connectivity index (χ0) is 16.0. The average Bonchev–Trinajstić information content (AvgIpc) is 2.25. The van der Waals surface area contributed by atoms with Gasteiger partial charge in [0.1, 0.15) is 5.78 Å². The van der Waals surface area contributed by atoms with E-state index in [1.54, 1.807) is 0 Å². The summed E-state index contributed by atoms with van der Waals surface area (Å²) in [7, 11) is 0. The van der Waals surface area contributed by atoms with Crippen LogP contribution in [0.3, 0.4) is 0 Å². The van der Waals surface area contributed by atoms with Crippen molar-refractivity contribution in [1.82, 2.24) is 0 Å². The number of carbonyl (C=O) groups excluding carboxylic acids is 1. The molecule has 0 N–H and O–H groups in total. The number of ketones is 1. The van der Waals surface area contributed by atoms with Crippen LogP contribution in [0.5, 0.6) is 0 Å². The zero-order valence-corrected chi connectivity index (χ0v) is 14.7. The van der Waals surface area contributed by atoms with Crippen molar-refractivity contribution in [1.29, 1.82) is 0 Å². The van der Waals surface area contributed by atoms with Crippen LogP contribution >= 0.6 is 0 Å². The van der Waals surface area contributed by atoms with Crippen molar-refractivity contribution in [3.05, 3.63) is 0 Å². The summed E-state index contributed by atoms with van der Waals surface area (Å²) in [6.45, 7) is 18.4. The predicted molar refractivity (Wildman–Crippen MR) is 83.9 cm³/mol. The Morgan fingerprint density at radius 1 is 0.900 bits per heavy atom. The van der Waals surface area contributed by atoms with Gasteiger partial charge in [-0.25, -0.2) is 0 Å².